The molecule has 0 unspecified atom stereocenters. The summed E-state index contributed by atoms with van der Waals surface area (Å²) in [5.74, 6) is -0.0727. The normalized spacial score (nSPS) is 11.0. The third kappa shape index (κ3) is 5.52. The van der Waals surface area contributed by atoms with Gasteiger partial charge >= 0.3 is 0 Å². The summed E-state index contributed by atoms with van der Waals surface area (Å²) in [4.78, 5) is 23.7. The molecule has 0 spiro atoms. The molecule has 0 aliphatic heterocycles. The minimum Gasteiger partial charge on any atom is -0.497 e. The third-order valence-corrected chi connectivity index (χ3v) is 7.10. The van der Waals surface area contributed by atoms with Gasteiger partial charge in [0.1, 0.15) is 18.0 Å². The largest absolute Gasteiger partial charge is 0.497 e. The van der Waals surface area contributed by atoms with Crippen molar-refractivity contribution in [3.8, 4) is 11.5 Å². The number of aryl methyl sites for hydroxylation is 1. The first-order valence-electron chi connectivity index (χ1n) is 10.4. The molecule has 3 aromatic rings. The topological polar surface area (TPSA) is 128 Å². The molecule has 10 nitrogen and oxygen atoms in total. The van der Waals surface area contributed by atoms with Gasteiger partial charge < -0.3 is 14.8 Å². The lowest BCUT2D eigenvalue weighted by molar-refractivity contribution is -0.385. The molecule has 1 amide bonds. The fourth-order valence-electron chi connectivity index (χ4n) is 3.40. The van der Waals surface area contributed by atoms with Gasteiger partial charge in [-0.1, -0.05) is 23.8 Å². The number of nitro groups is 1. The van der Waals surface area contributed by atoms with Crippen molar-refractivity contribution in [3.05, 3.63) is 81.9 Å². The number of hydrogen-bond acceptors (Lipinski definition) is 7. The standard InChI is InChI=1S/C24H25N3O7S/c1-16-8-11-19(12-9-16)35(31,32)26(22-13-10-18(33-3)14-23(22)34-4)15-24(28)25-20-6-5-7-21(17(20)2)27(29)30/h5-14H,15H2,1-4H3,(H,25,28). The van der Waals surface area contributed by atoms with Crippen LogP contribution in [0.5, 0.6) is 11.5 Å². The van der Waals surface area contributed by atoms with E-state index in [0.29, 0.717) is 5.75 Å². The molecule has 0 aliphatic carbocycles. The summed E-state index contributed by atoms with van der Waals surface area (Å²) in [5.41, 5.74) is 1.29. The van der Waals surface area contributed by atoms with Crippen LogP contribution in [0.1, 0.15) is 11.1 Å². The van der Waals surface area contributed by atoms with Gasteiger partial charge in [0.25, 0.3) is 15.7 Å². The molecule has 35 heavy (non-hydrogen) atoms. The molecular weight excluding hydrogens is 474 g/mol. The number of carbonyl (C=O) groups is 1. The number of hydrogen-bond donors (Lipinski definition) is 1. The summed E-state index contributed by atoms with van der Waals surface area (Å²) in [6, 6.07) is 15.0. The zero-order valence-electron chi connectivity index (χ0n) is 19.6. The van der Waals surface area contributed by atoms with Crippen LogP contribution in [0.2, 0.25) is 0 Å². The summed E-state index contributed by atoms with van der Waals surface area (Å²) >= 11 is 0. The molecule has 0 heterocycles. The van der Waals surface area contributed by atoms with Crippen LogP contribution in [0, 0.1) is 24.0 Å². The second kappa shape index (κ2) is 10.4. The Morgan fingerprint density at radius 2 is 1.71 bits per heavy atom. The number of benzene rings is 3. The molecule has 3 aromatic carbocycles. The highest BCUT2D eigenvalue weighted by atomic mass is 32.2. The van der Waals surface area contributed by atoms with Gasteiger partial charge in [-0.05, 0) is 44.2 Å². The predicted molar refractivity (Wildman–Crippen MR) is 132 cm³/mol. The predicted octanol–water partition coefficient (Wildman–Crippen LogP) is 4.06. The Balaban J connectivity index is 2.04. The van der Waals surface area contributed by atoms with Crippen molar-refractivity contribution in [1.29, 1.82) is 0 Å². The van der Waals surface area contributed by atoms with E-state index in [9.17, 15) is 23.3 Å². The quantitative estimate of drug-likeness (QED) is 0.347. The van der Waals surface area contributed by atoms with E-state index in [-0.39, 0.29) is 33.3 Å². The number of sulfonamides is 1. The number of nitrogens with one attached hydrogen (secondary N) is 1. The van der Waals surface area contributed by atoms with Crippen molar-refractivity contribution >= 4 is 33.0 Å². The summed E-state index contributed by atoms with van der Waals surface area (Å²) in [6.45, 7) is 2.72. The number of anilines is 2. The molecule has 3 rings (SSSR count). The molecule has 0 saturated heterocycles. The van der Waals surface area contributed by atoms with Gasteiger partial charge in [0.05, 0.1) is 41.0 Å². The maximum Gasteiger partial charge on any atom is 0.274 e. The Labute approximate surface area is 203 Å². The Bertz CT molecular complexity index is 1360. The maximum atomic E-state index is 13.6. The smallest absolute Gasteiger partial charge is 0.274 e. The second-order valence-electron chi connectivity index (χ2n) is 7.62. The monoisotopic (exact) mass is 499 g/mol. The van der Waals surface area contributed by atoms with E-state index < -0.39 is 27.4 Å². The molecule has 0 saturated carbocycles. The van der Waals surface area contributed by atoms with Crippen LogP contribution < -0.4 is 19.1 Å². The minimum atomic E-state index is -4.20. The number of rotatable bonds is 9. The zero-order chi connectivity index (χ0) is 25.8. The highest BCUT2D eigenvalue weighted by Crippen LogP contribution is 2.35. The maximum absolute atomic E-state index is 13.6. The van der Waals surface area contributed by atoms with Gasteiger partial charge in [0.15, 0.2) is 0 Å². The van der Waals surface area contributed by atoms with Gasteiger partial charge in [-0.15, -0.1) is 0 Å². The second-order valence-corrected chi connectivity index (χ2v) is 9.48. The fourth-order valence-corrected chi connectivity index (χ4v) is 4.84. The highest BCUT2D eigenvalue weighted by molar-refractivity contribution is 7.92. The Kier molecular flexibility index (Phi) is 7.60. The molecule has 1 N–H and O–H groups in total. The first-order valence-corrected chi connectivity index (χ1v) is 11.9. The van der Waals surface area contributed by atoms with E-state index in [1.165, 1.54) is 63.6 Å². The van der Waals surface area contributed by atoms with Crippen molar-refractivity contribution in [2.24, 2.45) is 0 Å². The lowest BCUT2D eigenvalue weighted by atomic mass is 10.1. The Hall–Kier alpha value is -4.12. The summed E-state index contributed by atoms with van der Waals surface area (Å²) < 4.78 is 38.8. The van der Waals surface area contributed by atoms with Crippen LogP contribution in [-0.4, -0.2) is 40.0 Å². The van der Waals surface area contributed by atoms with E-state index in [1.807, 2.05) is 6.92 Å². The molecule has 0 bridgehead atoms. The van der Waals surface area contributed by atoms with E-state index in [2.05, 4.69) is 5.32 Å². The number of amides is 1. The summed E-state index contributed by atoms with van der Waals surface area (Å²) in [6.07, 6.45) is 0. The van der Waals surface area contributed by atoms with Crippen LogP contribution in [0.3, 0.4) is 0 Å². The number of methoxy groups -OCH3 is 2. The summed E-state index contributed by atoms with van der Waals surface area (Å²) in [5, 5.41) is 13.8. The average molecular weight is 500 g/mol. The van der Waals surface area contributed by atoms with Crippen molar-refractivity contribution in [1.82, 2.24) is 0 Å². The van der Waals surface area contributed by atoms with Crippen molar-refractivity contribution < 1.29 is 27.6 Å². The molecular formula is C24H25N3O7S. The molecule has 0 aromatic heterocycles. The third-order valence-electron chi connectivity index (χ3n) is 5.33. The Morgan fingerprint density at radius 3 is 2.31 bits per heavy atom. The first kappa shape index (κ1) is 25.5. The minimum absolute atomic E-state index is 0.0136. The molecule has 0 atom stereocenters. The molecule has 11 heteroatoms. The lowest BCUT2D eigenvalue weighted by Crippen LogP contribution is -2.38. The lowest BCUT2D eigenvalue weighted by Gasteiger charge is -2.26. The molecule has 0 fully saturated rings. The van der Waals surface area contributed by atoms with Crippen LogP contribution in [0.15, 0.2) is 65.6 Å². The number of nitro benzene ring substituents is 1. The Morgan fingerprint density at radius 1 is 1.03 bits per heavy atom. The van der Waals surface area contributed by atoms with Gasteiger partial charge in [-0.2, -0.15) is 0 Å². The molecule has 0 aliphatic rings. The highest BCUT2D eigenvalue weighted by Gasteiger charge is 2.30. The van der Waals surface area contributed by atoms with Gasteiger partial charge in [0, 0.05) is 12.1 Å². The van der Waals surface area contributed by atoms with Crippen molar-refractivity contribution in [3.63, 3.8) is 0 Å². The van der Waals surface area contributed by atoms with Gasteiger partial charge in [-0.3, -0.25) is 19.2 Å². The number of nitrogens with zero attached hydrogens (tertiary/aromatic N) is 2. The van der Waals surface area contributed by atoms with Gasteiger partial charge in [-0.25, -0.2) is 8.42 Å². The SMILES string of the molecule is COc1ccc(N(CC(=O)Nc2cccc([N+](=O)[O-])c2C)S(=O)(=O)c2ccc(C)cc2)c(OC)c1. The number of ether oxygens (including phenoxy) is 2. The van der Waals surface area contributed by atoms with Crippen LogP contribution in [-0.2, 0) is 14.8 Å². The van der Waals surface area contributed by atoms with E-state index in [0.717, 1.165) is 9.87 Å². The van der Waals surface area contributed by atoms with Crippen LogP contribution in [0.4, 0.5) is 17.1 Å². The molecule has 184 valence electrons. The van der Waals surface area contributed by atoms with E-state index >= 15 is 0 Å². The molecule has 0 radical (unpaired) electrons. The van der Waals surface area contributed by atoms with Crippen molar-refractivity contribution in [2.75, 3.05) is 30.4 Å². The fraction of sp³-hybridized carbons (Fsp3) is 0.208. The van der Waals surface area contributed by atoms with E-state index in [1.54, 1.807) is 18.2 Å². The van der Waals surface area contributed by atoms with Crippen LogP contribution in [0.25, 0.3) is 0 Å². The number of carbonyl (C=O) groups excluding carboxylic acids is 1. The van der Waals surface area contributed by atoms with Gasteiger partial charge in [0.2, 0.25) is 5.91 Å². The van der Waals surface area contributed by atoms with E-state index in [4.69, 9.17) is 9.47 Å². The zero-order valence-corrected chi connectivity index (χ0v) is 20.5. The van der Waals surface area contributed by atoms with Crippen LogP contribution >= 0.6 is 0 Å². The first-order chi connectivity index (χ1) is 16.6. The average Bonchev–Trinajstić information content (AvgIpc) is 2.83. The van der Waals surface area contributed by atoms with Crippen molar-refractivity contribution in [2.45, 2.75) is 18.7 Å². The summed E-state index contributed by atoms with van der Waals surface area (Å²) in [7, 11) is -1.36.